The molecule has 1 aliphatic rings. The fraction of sp³-hybridized carbons (Fsp3) is 0.222. The van der Waals surface area contributed by atoms with Crippen LogP contribution in [-0.2, 0) is 0 Å². The summed E-state index contributed by atoms with van der Waals surface area (Å²) in [4.78, 5) is 0. The number of hydrogen-bond donors (Lipinski definition) is 0. The zero-order valence-corrected chi connectivity index (χ0v) is 6.22. The van der Waals surface area contributed by atoms with Gasteiger partial charge in [0.2, 0.25) is 0 Å². The second-order valence-corrected chi connectivity index (χ2v) is 2.60. The van der Waals surface area contributed by atoms with Crippen molar-refractivity contribution in [2.45, 2.75) is 12.5 Å². The van der Waals surface area contributed by atoms with Crippen molar-refractivity contribution < 1.29 is 0 Å². The van der Waals surface area contributed by atoms with Crippen LogP contribution in [0.4, 0.5) is 0 Å². The highest BCUT2D eigenvalue weighted by Gasteiger charge is 2.05. The third kappa shape index (κ3) is 1.24. The minimum absolute atomic E-state index is 0.426. The summed E-state index contributed by atoms with van der Waals surface area (Å²) in [5, 5.41) is 4.17. The Morgan fingerprint density at radius 3 is 3.00 bits per heavy atom. The van der Waals surface area contributed by atoms with E-state index in [1.54, 1.807) is 0 Å². The van der Waals surface area contributed by atoms with Gasteiger partial charge in [0, 0.05) is 12.4 Å². The fourth-order valence-corrected chi connectivity index (χ4v) is 1.24. The summed E-state index contributed by atoms with van der Waals surface area (Å²) in [5.74, 6) is 0. The van der Waals surface area contributed by atoms with Crippen molar-refractivity contribution in [3.05, 3.63) is 42.8 Å². The summed E-state index contributed by atoms with van der Waals surface area (Å²) in [7, 11) is 0. The smallest absolute Gasteiger partial charge is 0.0736 e. The molecule has 1 heterocycles. The van der Waals surface area contributed by atoms with Gasteiger partial charge in [0.15, 0.2) is 0 Å². The Kier molecular flexibility index (Phi) is 1.60. The van der Waals surface area contributed by atoms with Crippen molar-refractivity contribution >= 4 is 0 Å². The van der Waals surface area contributed by atoms with Crippen LogP contribution in [-0.4, -0.2) is 9.78 Å². The monoisotopic (exact) mass is 146 g/mol. The van der Waals surface area contributed by atoms with E-state index < -0.39 is 0 Å². The van der Waals surface area contributed by atoms with E-state index in [1.165, 1.54) is 0 Å². The second kappa shape index (κ2) is 2.74. The lowest BCUT2D eigenvalue weighted by Gasteiger charge is -2.12. The summed E-state index contributed by atoms with van der Waals surface area (Å²) in [5.41, 5.74) is 0. The van der Waals surface area contributed by atoms with E-state index in [0.717, 1.165) is 6.42 Å². The predicted molar refractivity (Wildman–Crippen MR) is 44.2 cm³/mol. The Morgan fingerprint density at radius 2 is 2.36 bits per heavy atom. The summed E-state index contributed by atoms with van der Waals surface area (Å²) in [6, 6.07) is 2.38. The highest BCUT2D eigenvalue weighted by atomic mass is 15.3. The van der Waals surface area contributed by atoms with Gasteiger partial charge in [0.1, 0.15) is 0 Å². The molecule has 56 valence electrons. The Balaban J connectivity index is 2.19. The molecule has 0 saturated carbocycles. The van der Waals surface area contributed by atoms with Crippen molar-refractivity contribution in [1.29, 1.82) is 0 Å². The first-order chi connectivity index (χ1) is 5.47. The average Bonchev–Trinajstić information content (AvgIpc) is 2.58. The molecule has 2 heteroatoms. The van der Waals surface area contributed by atoms with Gasteiger partial charge in [-0.3, -0.25) is 4.68 Å². The SMILES string of the molecule is C1=CCC(n2cccn2)C=C1. The van der Waals surface area contributed by atoms with Crippen molar-refractivity contribution in [1.82, 2.24) is 9.78 Å². The molecule has 2 nitrogen and oxygen atoms in total. The van der Waals surface area contributed by atoms with E-state index in [4.69, 9.17) is 0 Å². The molecule has 0 spiro atoms. The van der Waals surface area contributed by atoms with Crippen molar-refractivity contribution in [2.24, 2.45) is 0 Å². The topological polar surface area (TPSA) is 17.8 Å². The van der Waals surface area contributed by atoms with Crippen LogP contribution in [0, 0.1) is 0 Å². The molecular formula is C9H10N2. The van der Waals surface area contributed by atoms with Gasteiger partial charge in [-0.1, -0.05) is 24.3 Å². The molecule has 0 aromatic carbocycles. The standard InChI is InChI=1S/C9H10N2/c1-2-5-9(6-3-1)11-8-4-7-10-11/h1-5,7-9H,6H2. The quantitative estimate of drug-likeness (QED) is 0.592. The van der Waals surface area contributed by atoms with Crippen molar-refractivity contribution in [3.8, 4) is 0 Å². The van der Waals surface area contributed by atoms with E-state index in [2.05, 4.69) is 29.4 Å². The molecule has 0 radical (unpaired) electrons. The van der Waals surface area contributed by atoms with Crippen molar-refractivity contribution in [2.75, 3.05) is 0 Å². The van der Waals surface area contributed by atoms with Gasteiger partial charge >= 0.3 is 0 Å². The van der Waals surface area contributed by atoms with Crippen LogP contribution in [0.5, 0.6) is 0 Å². The molecule has 1 unspecified atom stereocenters. The van der Waals surface area contributed by atoms with Gasteiger partial charge < -0.3 is 0 Å². The molecule has 1 aromatic rings. The molecule has 2 rings (SSSR count). The first kappa shape index (κ1) is 6.40. The maximum Gasteiger partial charge on any atom is 0.0736 e. The van der Waals surface area contributed by atoms with Crippen LogP contribution in [0.15, 0.2) is 42.8 Å². The van der Waals surface area contributed by atoms with Crippen LogP contribution in [0.25, 0.3) is 0 Å². The van der Waals surface area contributed by atoms with Crippen LogP contribution in [0.3, 0.4) is 0 Å². The summed E-state index contributed by atoms with van der Waals surface area (Å²) >= 11 is 0. The third-order valence-electron chi connectivity index (χ3n) is 1.82. The fourth-order valence-electron chi connectivity index (χ4n) is 1.24. The minimum Gasteiger partial charge on any atom is -0.266 e. The lowest BCUT2D eigenvalue weighted by Crippen LogP contribution is -2.06. The molecule has 0 amide bonds. The van der Waals surface area contributed by atoms with Gasteiger partial charge in [-0.05, 0) is 12.5 Å². The summed E-state index contributed by atoms with van der Waals surface area (Å²) < 4.78 is 1.97. The Labute approximate surface area is 65.8 Å². The number of nitrogens with zero attached hydrogens (tertiary/aromatic N) is 2. The van der Waals surface area contributed by atoms with E-state index in [9.17, 15) is 0 Å². The summed E-state index contributed by atoms with van der Waals surface area (Å²) in [6.45, 7) is 0. The highest BCUT2D eigenvalue weighted by Crippen LogP contribution is 2.15. The molecule has 1 aliphatic carbocycles. The largest absolute Gasteiger partial charge is 0.266 e. The van der Waals surface area contributed by atoms with Gasteiger partial charge in [0.25, 0.3) is 0 Å². The first-order valence-electron chi connectivity index (χ1n) is 3.79. The maximum atomic E-state index is 4.17. The lowest BCUT2D eigenvalue weighted by atomic mass is 10.1. The zero-order valence-electron chi connectivity index (χ0n) is 6.22. The molecule has 0 fully saturated rings. The van der Waals surface area contributed by atoms with E-state index >= 15 is 0 Å². The number of aromatic nitrogens is 2. The molecule has 1 atom stereocenters. The van der Waals surface area contributed by atoms with Crippen LogP contribution < -0.4 is 0 Å². The molecule has 11 heavy (non-hydrogen) atoms. The Hall–Kier alpha value is -1.31. The van der Waals surface area contributed by atoms with Gasteiger partial charge in [-0.2, -0.15) is 5.10 Å². The second-order valence-electron chi connectivity index (χ2n) is 2.60. The minimum atomic E-state index is 0.426. The molecule has 0 bridgehead atoms. The van der Waals surface area contributed by atoms with Crippen LogP contribution >= 0.6 is 0 Å². The third-order valence-corrected chi connectivity index (χ3v) is 1.82. The lowest BCUT2D eigenvalue weighted by molar-refractivity contribution is 0.541. The Bertz CT molecular complexity index is 270. The van der Waals surface area contributed by atoms with Gasteiger partial charge in [-0.25, -0.2) is 0 Å². The van der Waals surface area contributed by atoms with E-state index in [-0.39, 0.29) is 0 Å². The van der Waals surface area contributed by atoms with Crippen LogP contribution in [0.2, 0.25) is 0 Å². The number of hydrogen-bond acceptors (Lipinski definition) is 1. The molecule has 0 N–H and O–H groups in total. The predicted octanol–water partition coefficient (Wildman–Crippen LogP) is 1.94. The van der Waals surface area contributed by atoms with Gasteiger partial charge in [0.05, 0.1) is 6.04 Å². The van der Waals surface area contributed by atoms with Gasteiger partial charge in [-0.15, -0.1) is 0 Å². The number of rotatable bonds is 1. The van der Waals surface area contributed by atoms with E-state index in [1.807, 2.05) is 23.1 Å². The number of allylic oxidation sites excluding steroid dienone is 4. The molecule has 0 aliphatic heterocycles. The van der Waals surface area contributed by atoms with Crippen molar-refractivity contribution in [3.63, 3.8) is 0 Å². The average molecular weight is 146 g/mol. The maximum absolute atomic E-state index is 4.17. The molecular weight excluding hydrogens is 136 g/mol. The first-order valence-corrected chi connectivity index (χ1v) is 3.79. The molecule has 0 saturated heterocycles. The normalized spacial score (nSPS) is 22.4. The van der Waals surface area contributed by atoms with E-state index in [0.29, 0.717) is 6.04 Å². The summed E-state index contributed by atoms with van der Waals surface area (Å²) in [6.07, 6.45) is 13.3. The zero-order chi connectivity index (χ0) is 7.52. The van der Waals surface area contributed by atoms with Crippen LogP contribution in [0.1, 0.15) is 12.5 Å². The molecule has 1 aromatic heterocycles. The highest BCUT2D eigenvalue weighted by molar-refractivity contribution is 5.12. The Morgan fingerprint density at radius 1 is 1.36 bits per heavy atom.